The SMILES string of the molecule is Cn1c(=O)n(CCN2CCN(c3cc(OCC(O)CO)c(F)cc3F)CC2)c2nc(N)n3nc(-c4ccco4)nc3c21. The Kier molecular flexibility index (Phi) is 7.26. The molecule has 1 saturated heterocycles. The van der Waals surface area contributed by atoms with Crippen LogP contribution in [0, 0.1) is 11.6 Å². The van der Waals surface area contributed by atoms with Crippen molar-refractivity contribution in [3.63, 3.8) is 0 Å². The Labute approximate surface area is 236 Å². The second kappa shape index (κ2) is 11.0. The third-order valence-electron chi connectivity index (χ3n) is 7.31. The van der Waals surface area contributed by atoms with Crippen molar-refractivity contribution < 1.29 is 28.1 Å². The summed E-state index contributed by atoms with van der Waals surface area (Å²) < 4.78 is 43.9. The molecule has 1 aliphatic rings. The Balaban J connectivity index is 1.17. The molecular formula is C26H29F2N9O5. The summed E-state index contributed by atoms with van der Waals surface area (Å²) >= 11 is 0. The molecule has 1 aromatic carbocycles. The predicted octanol–water partition coefficient (Wildman–Crippen LogP) is 0.452. The molecule has 1 aliphatic heterocycles. The Morgan fingerprint density at radius 1 is 1.12 bits per heavy atom. The van der Waals surface area contributed by atoms with Gasteiger partial charge in [-0.15, -0.1) is 5.10 Å². The van der Waals surface area contributed by atoms with Gasteiger partial charge in [-0.05, 0) is 12.1 Å². The van der Waals surface area contributed by atoms with E-state index in [1.54, 1.807) is 28.6 Å². The van der Waals surface area contributed by atoms with Gasteiger partial charge in [-0.1, -0.05) is 0 Å². The molecule has 0 amide bonds. The first-order chi connectivity index (χ1) is 20.2. The second-order valence-corrected chi connectivity index (χ2v) is 9.99. The van der Waals surface area contributed by atoms with Crippen molar-refractivity contribution in [2.45, 2.75) is 12.6 Å². The van der Waals surface area contributed by atoms with Crippen molar-refractivity contribution in [1.29, 1.82) is 0 Å². The molecule has 0 saturated carbocycles. The van der Waals surface area contributed by atoms with Crippen LogP contribution in [0.25, 0.3) is 28.4 Å². The van der Waals surface area contributed by atoms with Crippen molar-refractivity contribution in [3.05, 3.63) is 52.6 Å². The van der Waals surface area contributed by atoms with Crippen LogP contribution in [0.15, 0.2) is 39.7 Å². The Morgan fingerprint density at radius 3 is 2.62 bits per heavy atom. The van der Waals surface area contributed by atoms with Gasteiger partial charge in [-0.3, -0.25) is 14.0 Å². The van der Waals surface area contributed by atoms with Crippen LogP contribution in [0.3, 0.4) is 0 Å². The van der Waals surface area contributed by atoms with Crippen molar-refractivity contribution in [2.75, 3.05) is 56.6 Å². The van der Waals surface area contributed by atoms with Crippen LogP contribution >= 0.6 is 0 Å². The van der Waals surface area contributed by atoms with Crippen LogP contribution in [0.1, 0.15) is 0 Å². The molecule has 1 atom stereocenters. The van der Waals surface area contributed by atoms with E-state index in [0.717, 1.165) is 6.07 Å². The molecule has 5 aromatic rings. The Morgan fingerprint density at radius 2 is 1.90 bits per heavy atom. The van der Waals surface area contributed by atoms with E-state index in [4.69, 9.17) is 20.0 Å². The number of piperazine rings is 1. The van der Waals surface area contributed by atoms with Crippen LogP contribution in [0.4, 0.5) is 20.4 Å². The van der Waals surface area contributed by atoms with Crippen molar-refractivity contribution in [3.8, 4) is 17.3 Å². The molecule has 222 valence electrons. The maximum atomic E-state index is 14.7. The van der Waals surface area contributed by atoms with E-state index in [1.807, 2.05) is 0 Å². The number of benzene rings is 1. The Bertz CT molecular complexity index is 1790. The molecule has 16 heteroatoms. The quantitative estimate of drug-likeness (QED) is 0.220. The molecule has 0 bridgehead atoms. The van der Waals surface area contributed by atoms with Crippen LogP contribution in [0.2, 0.25) is 0 Å². The fourth-order valence-corrected chi connectivity index (χ4v) is 5.06. The predicted molar refractivity (Wildman–Crippen MR) is 147 cm³/mol. The number of imidazole rings is 1. The first-order valence-electron chi connectivity index (χ1n) is 13.3. The summed E-state index contributed by atoms with van der Waals surface area (Å²) in [6.45, 7) is 2.01. The van der Waals surface area contributed by atoms with Crippen molar-refractivity contribution in [2.24, 2.45) is 7.05 Å². The van der Waals surface area contributed by atoms with Gasteiger partial charge >= 0.3 is 5.69 Å². The normalized spacial score (nSPS) is 15.2. The fourth-order valence-electron chi connectivity index (χ4n) is 5.06. The third-order valence-corrected chi connectivity index (χ3v) is 7.31. The second-order valence-electron chi connectivity index (χ2n) is 9.99. The average molecular weight is 586 g/mol. The van der Waals surface area contributed by atoms with Crippen LogP contribution < -0.4 is 21.1 Å². The molecule has 1 fully saturated rings. The molecular weight excluding hydrogens is 556 g/mol. The lowest BCUT2D eigenvalue weighted by molar-refractivity contribution is 0.0523. The summed E-state index contributed by atoms with van der Waals surface area (Å²) in [5.74, 6) is -0.974. The monoisotopic (exact) mass is 585 g/mol. The maximum Gasteiger partial charge on any atom is 0.330 e. The van der Waals surface area contributed by atoms with E-state index in [0.29, 0.717) is 67.7 Å². The van der Waals surface area contributed by atoms with E-state index >= 15 is 0 Å². The number of aliphatic hydroxyl groups is 2. The van der Waals surface area contributed by atoms with E-state index in [9.17, 15) is 18.7 Å². The number of nitrogen functional groups attached to an aromatic ring is 1. The first kappa shape index (κ1) is 27.6. The molecule has 4 aromatic heterocycles. The Hall–Kier alpha value is -4.54. The number of rotatable bonds is 9. The zero-order valence-corrected chi connectivity index (χ0v) is 22.7. The smallest absolute Gasteiger partial charge is 0.330 e. The molecule has 6 rings (SSSR count). The molecule has 42 heavy (non-hydrogen) atoms. The highest BCUT2D eigenvalue weighted by Crippen LogP contribution is 2.29. The number of aromatic nitrogens is 6. The zero-order chi connectivity index (χ0) is 29.5. The van der Waals surface area contributed by atoms with Gasteiger partial charge in [0.15, 0.2) is 28.6 Å². The molecule has 14 nitrogen and oxygen atoms in total. The van der Waals surface area contributed by atoms with Gasteiger partial charge in [-0.2, -0.15) is 9.50 Å². The largest absolute Gasteiger partial charge is 0.488 e. The number of aliphatic hydroxyl groups excluding tert-OH is 2. The summed E-state index contributed by atoms with van der Waals surface area (Å²) in [4.78, 5) is 26.2. The van der Waals surface area contributed by atoms with Crippen molar-refractivity contribution in [1.82, 2.24) is 33.6 Å². The molecule has 4 N–H and O–H groups in total. The number of aryl methyl sites for hydroxylation is 1. The molecule has 1 unspecified atom stereocenters. The number of nitrogens with zero attached hydrogens (tertiary/aromatic N) is 8. The van der Waals surface area contributed by atoms with E-state index in [1.165, 1.54) is 21.4 Å². The first-order valence-corrected chi connectivity index (χ1v) is 13.3. The lowest BCUT2D eigenvalue weighted by Gasteiger charge is -2.36. The van der Waals surface area contributed by atoms with E-state index in [-0.39, 0.29) is 29.7 Å². The number of hydrogen-bond donors (Lipinski definition) is 3. The number of halogens is 2. The van der Waals surface area contributed by atoms with Gasteiger partial charge in [0.05, 0.1) is 18.6 Å². The summed E-state index contributed by atoms with van der Waals surface area (Å²) in [6, 6.07) is 5.46. The maximum absolute atomic E-state index is 14.7. The topological polar surface area (TPSA) is 165 Å². The molecule has 5 heterocycles. The summed E-state index contributed by atoms with van der Waals surface area (Å²) in [5.41, 5.74) is 7.35. The highest BCUT2D eigenvalue weighted by atomic mass is 19.1. The number of ether oxygens (including phenoxy) is 1. The van der Waals surface area contributed by atoms with Crippen LogP contribution in [-0.2, 0) is 13.6 Å². The molecule has 0 spiro atoms. The lowest BCUT2D eigenvalue weighted by Crippen LogP contribution is -2.47. The third kappa shape index (κ3) is 4.93. The average Bonchev–Trinajstić information content (AvgIpc) is 3.72. The highest BCUT2D eigenvalue weighted by Gasteiger charge is 2.24. The van der Waals surface area contributed by atoms with Gasteiger partial charge in [0.2, 0.25) is 11.8 Å². The number of fused-ring (bicyclic) bond motifs is 3. The fraction of sp³-hybridized carbons (Fsp3) is 0.385. The van der Waals surface area contributed by atoms with Gasteiger partial charge < -0.3 is 30.0 Å². The van der Waals surface area contributed by atoms with Crippen LogP contribution in [-0.4, -0.2) is 95.9 Å². The minimum atomic E-state index is -1.18. The zero-order valence-electron chi connectivity index (χ0n) is 22.7. The number of hydrogen-bond acceptors (Lipinski definition) is 11. The minimum Gasteiger partial charge on any atom is -0.488 e. The van der Waals surface area contributed by atoms with Crippen LogP contribution in [0.5, 0.6) is 5.75 Å². The number of nitrogens with two attached hydrogens (primary N) is 1. The van der Waals surface area contributed by atoms with Gasteiger partial charge in [-0.25, -0.2) is 18.6 Å². The number of anilines is 2. The van der Waals surface area contributed by atoms with Gasteiger partial charge in [0, 0.05) is 58.4 Å². The van der Waals surface area contributed by atoms with Gasteiger partial charge in [0.25, 0.3) is 0 Å². The van der Waals surface area contributed by atoms with Gasteiger partial charge in [0.1, 0.15) is 24.0 Å². The lowest BCUT2D eigenvalue weighted by atomic mass is 10.2. The summed E-state index contributed by atoms with van der Waals surface area (Å²) in [5, 5.41) is 22.8. The standard InChI is InChI=1S/C26H29F2N9O5/c1-33-21-23(31-25(29)37-24(21)30-22(32-37)19-3-2-10-41-19)36(26(33)40)9-6-34-4-7-35(8-5-34)18-12-20(17(28)11-16(18)27)42-14-15(39)13-38/h2-3,10-12,15,38-39H,4-9,13-14H2,1H3,(H2,29,31). The van der Waals surface area contributed by atoms with E-state index in [2.05, 4.69) is 20.0 Å². The number of furan rings is 1. The summed E-state index contributed by atoms with van der Waals surface area (Å²) in [6.07, 6.45) is 0.336. The van der Waals surface area contributed by atoms with E-state index < -0.39 is 24.3 Å². The summed E-state index contributed by atoms with van der Waals surface area (Å²) in [7, 11) is 1.64. The molecule has 0 aliphatic carbocycles. The molecule has 0 radical (unpaired) electrons. The highest BCUT2D eigenvalue weighted by molar-refractivity contribution is 5.88. The van der Waals surface area contributed by atoms with Crippen molar-refractivity contribution >= 4 is 28.4 Å². The minimum absolute atomic E-state index is 0.0753.